The maximum Gasteiger partial charge on any atom is 0.354 e. The molecular weight excluding hydrogens is 340 g/mol. The van der Waals surface area contributed by atoms with Gasteiger partial charge in [-0.25, -0.2) is 14.2 Å². The van der Waals surface area contributed by atoms with E-state index in [2.05, 4.69) is 20.9 Å². The number of carboxylic acid groups (broad SMARTS) is 1. The normalized spacial score (nSPS) is 10.3. The van der Waals surface area contributed by atoms with Crippen molar-refractivity contribution < 1.29 is 19.0 Å². The molecule has 2 rings (SSSR count). The van der Waals surface area contributed by atoms with Crippen LogP contribution in [0.4, 0.5) is 4.39 Å². The molecule has 0 atom stereocenters. The third-order valence-corrected chi connectivity index (χ3v) is 3.04. The summed E-state index contributed by atoms with van der Waals surface area (Å²) in [4.78, 5) is 14.5. The maximum atomic E-state index is 13.4. The van der Waals surface area contributed by atoms with Crippen LogP contribution in [0.2, 0.25) is 5.02 Å². The summed E-state index contributed by atoms with van der Waals surface area (Å²) in [6.45, 7) is 0. The number of carbonyl (C=O) groups is 1. The average Bonchev–Trinajstić information content (AvgIpc) is 2.36. The van der Waals surface area contributed by atoms with Crippen molar-refractivity contribution in [2.45, 2.75) is 0 Å². The number of pyridine rings is 1. The second-order valence-electron chi connectivity index (χ2n) is 3.47. The van der Waals surface area contributed by atoms with Gasteiger partial charge in [-0.05, 0) is 28.1 Å². The van der Waals surface area contributed by atoms with Crippen LogP contribution in [0.3, 0.4) is 0 Å². The van der Waals surface area contributed by atoms with E-state index in [1.807, 2.05) is 0 Å². The highest BCUT2D eigenvalue weighted by Gasteiger charge is 2.11. The first-order valence-electron chi connectivity index (χ1n) is 5.00. The van der Waals surface area contributed by atoms with Gasteiger partial charge in [0.1, 0.15) is 5.82 Å². The molecule has 0 aliphatic rings. The summed E-state index contributed by atoms with van der Waals surface area (Å²) in [7, 11) is 0. The number of benzene rings is 1. The van der Waals surface area contributed by atoms with Gasteiger partial charge in [0, 0.05) is 12.1 Å². The zero-order chi connectivity index (χ0) is 14.0. The fourth-order valence-electron chi connectivity index (χ4n) is 1.29. The van der Waals surface area contributed by atoms with E-state index < -0.39 is 11.8 Å². The van der Waals surface area contributed by atoms with Crippen LogP contribution in [0.15, 0.2) is 34.8 Å². The molecule has 2 aromatic rings. The molecule has 1 N–H and O–H groups in total. The van der Waals surface area contributed by atoms with Crippen LogP contribution >= 0.6 is 27.5 Å². The quantitative estimate of drug-likeness (QED) is 0.849. The zero-order valence-corrected chi connectivity index (χ0v) is 11.6. The van der Waals surface area contributed by atoms with Crippen LogP contribution in [0.5, 0.6) is 11.6 Å². The number of hydrogen-bond acceptors (Lipinski definition) is 3. The molecular formula is C12H6BrClFNO3. The number of aromatic carboxylic acids is 1. The number of ether oxygens (including phenoxy) is 1. The van der Waals surface area contributed by atoms with Crippen molar-refractivity contribution in [3.8, 4) is 11.6 Å². The number of hydrogen-bond donors (Lipinski definition) is 1. The van der Waals surface area contributed by atoms with Crippen LogP contribution in [0.1, 0.15) is 10.5 Å². The van der Waals surface area contributed by atoms with E-state index in [-0.39, 0.29) is 26.8 Å². The third kappa shape index (κ3) is 3.21. The lowest BCUT2D eigenvalue weighted by molar-refractivity contribution is 0.0689. The summed E-state index contributed by atoms with van der Waals surface area (Å²) in [5.74, 6) is -1.66. The Morgan fingerprint density at radius 3 is 2.84 bits per heavy atom. The lowest BCUT2D eigenvalue weighted by Gasteiger charge is -2.08. The fraction of sp³-hybridized carbons (Fsp3) is 0. The minimum absolute atomic E-state index is 0.0172. The van der Waals surface area contributed by atoms with Gasteiger partial charge in [0.25, 0.3) is 0 Å². The number of rotatable bonds is 3. The Bertz CT molecular complexity index is 651. The predicted octanol–water partition coefficient (Wildman–Crippen LogP) is 4.13. The van der Waals surface area contributed by atoms with Gasteiger partial charge in [-0.15, -0.1) is 0 Å². The van der Waals surface area contributed by atoms with E-state index >= 15 is 0 Å². The van der Waals surface area contributed by atoms with E-state index in [0.29, 0.717) is 0 Å². The monoisotopic (exact) mass is 345 g/mol. The Morgan fingerprint density at radius 2 is 2.16 bits per heavy atom. The van der Waals surface area contributed by atoms with Crippen LogP contribution in [0, 0.1) is 5.82 Å². The molecule has 19 heavy (non-hydrogen) atoms. The molecule has 0 aliphatic carbocycles. The molecule has 4 nitrogen and oxygen atoms in total. The van der Waals surface area contributed by atoms with Crippen molar-refractivity contribution in [2.24, 2.45) is 0 Å². The van der Waals surface area contributed by atoms with Gasteiger partial charge in [0.05, 0.1) is 9.50 Å². The van der Waals surface area contributed by atoms with E-state index in [0.717, 1.165) is 6.07 Å². The van der Waals surface area contributed by atoms with Gasteiger partial charge in [-0.3, -0.25) is 0 Å². The van der Waals surface area contributed by atoms with Crippen molar-refractivity contribution in [3.63, 3.8) is 0 Å². The van der Waals surface area contributed by atoms with Gasteiger partial charge >= 0.3 is 5.97 Å². The van der Waals surface area contributed by atoms with Crippen molar-refractivity contribution in [3.05, 3.63) is 51.3 Å². The molecule has 0 radical (unpaired) electrons. The van der Waals surface area contributed by atoms with E-state index in [1.54, 1.807) is 0 Å². The van der Waals surface area contributed by atoms with Crippen molar-refractivity contribution in [1.29, 1.82) is 0 Å². The van der Waals surface area contributed by atoms with Crippen molar-refractivity contribution >= 4 is 33.5 Å². The average molecular weight is 347 g/mol. The lowest BCUT2D eigenvalue weighted by Crippen LogP contribution is -2.01. The summed E-state index contributed by atoms with van der Waals surface area (Å²) < 4.78 is 18.8. The molecule has 0 unspecified atom stereocenters. The fourth-order valence-corrected chi connectivity index (χ4v) is 1.96. The van der Waals surface area contributed by atoms with Crippen LogP contribution in [-0.4, -0.2) is 16.1 Å². The van der Waals surface area contributed by atoms with E-state index in [1.165, 1.54) is 24.3 Å². The minimum atomic E-state index is -1.18. The summed E-state index contributed by atoms with van der Waals surface area (Å²) in [6, 6.07) is 6.66. The van der Waals surface area contributed by atoms with E-state index in [4.69, 9.17) is 21.4 Å². The highest BCUT2D eigenvalue weighted by Crippen LogP contribution is 2.33. The number of halogens is 3. The Morgan fingerprint density at radius 1 is 1.42 bits per heavy atom. The molecule has 7 heteroatoms. The molecule has 1 aromatic carbocycles. The molecule has 0 fully saturated rings. The molecule has 0 aliphatic heterocycles. The first kappa shape index (κ1) is 13.8. The van der Waals surface area contributed by atoms with Gasteiger partial charge in [-0.2, -0.15) is 0 Å². The Balaban J connectivity index is 2.33. The molecule has 0 saturated heterocycles. The number of carboxylic acids is 1. The van der Waals surface area contributed by atoms with E-state index in [9.17, 15) is 9.18 Å². The summed E-state index contributed by atoms with van der Waals surface area (Å²) >= 11 is 8.88. The van der Waals surface area contributed by atoms with Crippen LogP contribution < -0.4 is 4.74 Å². The van der Waals surface area contributed by atoms with Gasteiger partial charge < -0.3 is 9.84 Å². The smallest absolute Gasteiger partial charge is 0.354 e. The zero-order valence-electron chi connectivity index (χ0n) is 9.23. The Labute approximate surface area is 120 Å². The van der Waals surface area contributed by atoms with Gasteiger partial charge in [0.2, 0.25) is 5.88 Å². The number of nitrogens with zero attached hydrogens (tertiary/aromatic N) is 1. The summed E-state index contributed by atoms with van der Waals surface area (Å²) in [5.41, 5.74) is -0.175. The highest BCUT2D eigenvalue weighted by molar-refractivity contribution is 9.10. The third-order valence-electron chi connectivity index (χ3n) is 2.13. The van der Waals surface area contributed by atoms with Crippen molar-refractivity contribution in [1.82, 2.24) is 4.98 Å². The second-order valence-corrected chi connectivity index (χ2v) is 4.73. The molecule has 98 valence electrons. The minimum Gasteiger partial charge on any atom is -0.477 e. The Kier molecular flexibility index (Phi) is 4.01. The second kappa shape index (κ2) is 5.54. The molecule has 0 amide bonds. The first-order chi connectivity index (χ1) is 8.97. The standard InChI is InChI=1S/C12H6BrClFNO3/c13-6-4-7(14)10(5-8(6)15)19-11-3-1-2-9(16-11)12(17)18/h1-5H,(H,17,18). The lowest BCUT2D eigenvalue weighted by atomic mass is 10.3. The van der Waals surface area contributed by atoms with Crippen LogP contribution in [-0.2, 0) is 0 Å². The molecule has 0 spiro atoms. The molecule has 1 heterocycles. The highest BCUT2D eigenvalue weighted by atomic mass is 79.9. The SMILES string of the molecule is O=C(O)c1cccc(Oc2cc(F)c(Br)cc2Cl)n1. The topological polar surface area (TPSA) is 59.4 Å². The Hall–Kier alpha value is -1.66. The first-order valence-corrected chi connectivity index (χ1v) is 6.17. The summed E-state index contributed by atoms with van der Waals surface area (Å²) in [6.07, 6.45) is 0. The van der Waals surface area contributed by atoms with Crippen molar-refractivity contribution in [2.75, 3.05) is 0 Å². The van der Waals surface area contributed by atoms with Gasteiger partial charge in [0.15, 0.2) is 11.4 Å². The van der Waals surface area contributed by atoms with Gasteiger partial charge in [-0.1, -0.05) is 17.7 Å². The van der Waals surface area contributed by atoms with Crippen LogP contribution in [0.25, 0.3) is 0 Å². The number of aromatic nitrogens is 1. The molecule has 0 bridgehead atoms. The largest absolute Gasteiger partial charge is 0.477 e. The molecule has 1 aromatic heterocycles. The maximum absolute atomic E-state index is 13.4. The molecule has 0 saturated carbocycles. The summed E-state index contributed by atoms with van der Waals surface area (Å²) in [5, 5.41) is 8.98. The predicted molar refractivity (Wildman–Crippen MR) is 70.4 cm³/mol.